The Kier molecular flexibility index (Phi) is 2.64. The molecule has 4 nitrogen and oxygen atoms in total. The summed E-state index contributed by atoms with van der Waals surface area (Å²) >= 11 is 0. The monoisotopic (exact) mass is 224 g/mol. The molecule has 0 aromatic rings. The maximum Gasteiger partial charge on any atom is 0.0775 e. The molecule has 2 N–H and O–H groups in total. The molecule has 0 radical (unpaired) electrons. The first-order valence-corrected chi connectivity index (χ1v) is 6.43. The molecule has 0 aromatic carbocycles. The minimum atomic E-state index is -0.121. The number of hydrogen-bond acceptors (Lipinski definition) is 4. The molecule has 2 aliphatic carbocycles. The van der Waals surface area contributed by atoms with Gasteiger partial charge in [0.15, 0.2) is 0 Å². The van der Waals surface area contributed by atoms with Gasteiger partial charge in [0.25, 0.3) is 0 Å². The van der Waals surface area contributed by atoms with Crippen LogP contribution < -0.4 is 0 Å². The quantitative estimate of drug-likeness (QED) is 0.517. The molecule has 90 valence electrons. The van der Waals surface area contributed by atoms with Crippen molar-refractivity contribution in [2.24, 2.45) is 17.0 Å². The molecule has 1 heterocycles. The van der Waals surface area contributed by atoms with E-state index in [0.717, 1.165) is 31.6 Å². The second-order valence-electron chi connectivity index (χ2n) is 5.51. The van der Waals surface area contributed by atoms with Crippen molar-refractivity contribution in [3.8, 4) is 0 Å². The van der Waals surface area contributed by atoms with Crippen molar-refractivity contribution in [3.05, 3.63) is 0 Å². The highest BCUT2D eigenvalue weighted by molar-refractivity contribution is 5.94. The SMILES string of the molecule is O/N=C1/[C@@H]2CC[C@H](C2)[C@@H]1N1CCC(O)CC1. The summed E-state index contributed by atoms with van der Waals surface area (Å²) in [6.07, 6.45) is 5.32. The van der Waals surface area contributed by atoms with Crippen molar-refractivity contribution in [2.75, 3.05) is 13.1 Å². The molecule has 0 amide bonds. The molecule has 3 rings (SSSR count). The Hall–Kier alpha value is -0.610. The lowest BCUT2D eigenvalue weighted by Gasteiger charge is -2.38. The molecule has 0 unspecified atom stereocenters. The third-order valence-electron chi connectivity index (χ3n) is 4.65. The van der Waals surface area contributed by atoms with Crippen LogP contribution in [0.5, 0.6) is 0 Å². The molecule has 0 aromatic heterocycles. The zero-order valence-corrected chi connectivity index (χ0v) is 9.55. The number of piperidine rings is 1. The molecular formula is C12H20N2O2. The molecule has 1 saturated heterocycles. The molecule has 2 saturated carbocycles. The summed E-state index contributed by atoms with van der Waals surface area (Å²) in [5.41, 5.74) is 1.02. The van der Waals surface area contributed by atoms with Gasteiger partial charge in [-0.3, -0.25) is 4.90 Å². The van der Waals surface area contributed by atoms with E-state index in [-0.39, 0.29) is 6.10 Å². The molecule has 3 atom stereocenters. The lowest BCUT2D eigenvalue weighted by atomic mass is 9.90. The van der Waals surface area contributed by atoms with Crippen molar-refractivity contribution < 1.29 is 10.3 Å². The highest BCUT2D eigenvalue weighted by atomic mass is 16.4. The molecule has 3 aliphatic rings. The number of aliphatic hydroxyl groups is 1. The van der Waals surface area contributed by atoms with Crippen LogP contribution >= 0.6 is 0 Å². The Labute approximate surface area is 95.9 Å². The van der Waals surface area contributed by atoms with Gasteiger partial charge in [-0.05, 0) is 38.0 Å². The van der Waals surface area contributed by atoms with Crippen molar-refractivity contribution in [2.45, 2.75) is 44.2 Å². The van der Waals surface area contributed by atoms with E-state index < -0.39 is 0 Å². The standard InChI is InChI=1S/C12H20N2O2/c15-10-3-5-14(6-4-10)12-9-2-1-8(7-9)11(12)13-16/h8-10,12,15-16H,1-7H2/b13-11-/t8-,9-,12+/m1/s1. The largest absolute Gasteiger partial charge is 0.411 e. The highest BCUT2D eigenvalue weighted by Gasteiger charge is 2.48. The summed E-state index contributed by atoms with van der Waals surface area (Å²) in [5.74, 6) is 1.23. The number of oxime groups is 1. The minimum absolute atomic E-state index is 0.121. The second kappa shape index (κ2) is 4.00. The first-order chi connectivity index (χ1) is 7.79. The first kappa shape index (κ1) is 10.5. The van der Waals surface area contributed by atoms with Gasteiger partial charge in [-0.15, -0.1) is 0 Å². The number of nitrogens with zero attached hydrogens (tertiary/aromatic N) is 2. The summed E-state index contributed by atoms with van der Waals surface area (Å²) in [7, 11) is 0. The van der Waals surface area contributed by atoms with Crippen molar-refractivity contribution in [1.29, 1.82) is 0 Å². The molecular weight excluding hydrogens is 204 g/mol. The van der Waals surface area contributed by atoms with E-state index in [1.54, 1.807) is 0 Å². The smallest absolute Gasteiger partial charge is 0.0775 e. The lowest BCUT2D eigenvalue weighted by molar-refractivity contribution is 0.0633. The van der Waals surface area contributed by atoms with Crippen LogP contribution in [0.3, 0.4) is 0 Å². The van der Waals surface area contributed by atoms with Crippen LogP contribution in [-0.2, 0) is 0 Å². The predicted octanol–water partition coefficient (Wildman–Crippen LogP) is 1.07. The molecule has 4 heteroatoms. The van der Waals surface area contributed by atoms with Crippen LogP contribution in [-0.4, -0.2) is 46.2 Å². The fraction of sp³-hybridized carbons (Fsp3) is 0.917. The Balaban J connectivity index is 1.74. The Bertz CT molecular complexity index is 297. The molecule has 1 aliphatic heterocycles. The van der Waals surface area contributed by atoms with Gasteiger partial charge in [0.2, 0.25) is 0 Å². The molecule has 16 heavy (non-hydrogen) atoms. The van der Waals surface area contributed by atoms with Gasteiger partial charge in [0, 0.05) is 19.0 Å². The van der Waals surface area contributed by atoms with E-state index >= 15 is 0 Å². The zero-order valence-electron chi connectivity index (χ0n) is 9.55. The number of rotatable bonds is 1. The average molecular weight is 224 g/mol. The number of hydrogen-bond donors (Lipinski definition) is 2. The van der Waals surface area contributed by atoms with Crippen molar-refractivity contribution in [3.63, 3.8) is 0 Å². The van der Waals surface area contributed by atoms with Crippen LogP contribution in [0.4, 0.5) is 0 Å². The van der Waals surface area contributed by atoms with Crippen LogP contribution in [0, 0.1) is 11.8 Å². The van der Waals surface area contributed by atoms with Crippen molar-refractivity contribution in [1.82, 2.24) is 4.90 Å². The molecule has 2 bridgehead atoms. The van der Waals surface area contributed by atoms with E-state index in [9.17, 15) is 5.11 Å². The van der Waals surface area contributed by atoms with E-state index in [0.29, 0.717) is 17.9 Å². The van der Waals surface area contributed by atoms with Crippen LogP contribution in [0.15, 0.2) is 5.16 Å². The Morgan fingerprint density at radius 2 is 1.88 bits per heavy atom. The average Bonchev–Trinajstić information content (AvgIpc) is 2.89. The van der Waals surface area contributed by atoms with E-state index in [1.165, 1.54) is 19.3 Å². The lowest BCUT2D eigenvalue weighted by Crippen LogP contribution is -2.49. The summed E-state index contributed by atoms with van der Waals surface area (Å²) in [6, 6.07) is 0.372. The van der Waals surface area contributed by atoms with Gasteiger partial charge in [-0.2, -0.15) is 0 Å². The number of fused-ring (bicyclic) bond motifs is 2. The van der Waals surface area contributed by atoms with Crippen LogP contribution in [0.2, 0.25) is 0 Å². The van der Waals surface area contributed by atoms with E-state index in [2.05, 4.69) is 10.1 Å². The Morgan fingerprint density at radius 3 is 2.56 bits per heavy atom. The minimum Gasteiger partial charge on any atom is -0.411 e. The predicted molar refractivity (Wildman–Crippen MR) is 60.7 cm³/mol. The summed E-state index contributed by atoms with van der Waals surface area (Å²) in [6.45, 7) is 1.90. The Morgan fingerprint density at radius 1 is 1.12 bits per heavy atom. The zero-order chi connectivity index (χ0) is 11.1. The fourth-order valence-electron chi connectivity index (χ4n) is 3.84. The van der Waals surface area contributed by atoms with Gasteiger partial charge in [-0.25, -0.2) is 0 Å². The van der Waals surface area contributed by atoms with E-state index in [4.69, 9.17) is 5.21 Å². The molecule has 3 fully saturated rings. The summed E-state index contributed by atoms with van der Waals surface area (Å²) in [4.78, 5) is 2.42. The normalized spacial score (nSPS) is 43.3. The summed E-state index contributed by atoms with van der Waals surface area (Å²) in [5, 5.41) is 22.2. The number of aliphatic hydroxyl groups excluding tert-OH is 1. The maximum absolute atomic E-state index is 9.52. The van der Waals surface area contributed by atoms with Gasteiger partial charge < -0.3 is 10.3 Å². The van der Waals surface area contributed by atoms with Crippen LogP contribution in [0.25, 0.3) is 0 Å². The second-order valence-corrected chi connectivity index (χ2v) is 5.51. The van der Waals surface area contributed by atoms with Gasteiger partial charge in [0.05, 0.1) is 17.9 Å². The summed E-state index contributed by atoms with van der Waals surface area (Å²) < 4.78 is 0. The van der Waals surface area contributed by atoms with Gasteiger partial charge in [-0.1, -0.05) is 5.16 Å². The third-order valence-corrected chi connectivity index (χ3v) is 4.65. The van der Waals surface area contributed by atoms with Gasteiger partial charge in [0.1, 0.15) is 0 Å². The highest BCUT2D eigenvalue weighted by Crippen LogP contribution is 2.45. The first-order valence-electron chi connectivity index (χ1n) is 6.43. The van der Waals surface area contributed by atoms with Crippen molar-refractivity contribution >= 4 is 5.71 Å². The maximum atomic E-state index is 9.52. The third kappa shape index (κ3) is 1.55. The number of likely N-dealkylation sites (tertiary alicyclic amines) is 1. The van der Waals surface area contributed by atoms with Gasteiger partial charge >= 0.3 is 0 Å². The fourth-order valence-corrected chi connectivity index (χ4v) is 3.84. The topological polar surface area (TPSA) is 56.1 Å². The molecule has 0 spiro atoms. The van der Waals surface area contributed by atoms with Crippen LogP contribution in [0.1, 0.15) is 32.1 Å². The van der Waals surface area contributed by atoms with E-state index in [1.807, 2.05) is 0 Å².